The van der Waals surface area contributed by atoms with Crippen molar-refractivity contribution in [2.75, 3.05) is 12.8 Å². The van der Waals surface area contributed by atoms with Gasteiger partial charge in [0.15, 0.2) is 11.6 Å². The number of aromatic amines is 1. The van der Waals surface area contributed by atoms with Crippen LogP contribution in [0, 0.1) is 11.6 Å². The number of nitrogens with zero attached hydrogens (tertiary/aromatic N) is 2. The Labute approximate surface area is 135 Å². The first-order valence-electron chi connectivity index (χ1n) is 6.50. The van der Waals surface area contributed by atoms with Crippen LogP contribution < -0.4 is 10.5 Å². The van der Waals surface area contributed by atoms with Crippen LogP contribution in [0.25, 0.3) is 22.8 Å². The molecule has 3 N–H and O–H groups in total. The van der Waals surface area contributed by atoms with Gasteiger partial charge in [0, 0.05) is 17.7 Å². The number of nitrogen functional groups attached to an aromatic ring is 1. The summed E-state index contributed by atoms with van der Waals surface area (Å²) in [5.41, 5.74) is 6.83. The van der Waals surface area contributed by atoms with Crippen molar-refractivity contribution >= 4 is 17.3 Å². The molecule has 0 saturated carbocycles. The fourth-order valence-corrected chi connectivity index (χ4v) is 2.28. The highest BCUT2D eigenvalue weighted by Crippen LogP contribution is 2.35. The fraction of sp³-hybridized carbons (Fsp3) is 0.0667. The summed E-state index contributed by atoms with van der Waals surface area (Å²) in [6, 6.07) is 6.19. The lowest BCUT2D eigenvalue weighted by Gasteiger charge is -2.08. The molecule has 0 saturated heterocycles. The number of H-pyrrole nitrogens is 1. The summed E-state index contributed by atoms with van der Waals surface area (Å²) in [5, 5.41) is 7.00. The predicted molar refractivity (Wildman–Crippen MR) is 83.1 cm³/mol. The van der Waals surface area contributed by atoms with Crippen molar-refractivity contribution in [1.82, 2.24) is 15.2 Å². The Bertz CT molecular complexity index is 862. The molecule has 0 bridgehead atoms. The van der Waals surface area contributed by atoms with Gasteiger partial charge in [-0.15, -0.1) is 0 Å². The molecule has 1 aromatic heterocycles. The van der Waals surface area contributed by atoms with E-state index in [1.807, 2.05) is 0 Å². The highest BCUT2D eigenvalue weighted by molar-refractivity contribution is 6.33. The first-order valence-corrected chi connectivity index (χ1v) is 6.88. The number of halogens is 3. The van der Waals surface area contributed by atoms with E-state index in [1.54, 1.807) is 12.1 Å². The number of anilines is 1. The third-order valence-electron chi connectivity index (χ3n) is 3.18. The van der Waals surface area contributed by atoms with Gasteiger partial charge in [0.1, 0.15) is 17.4 Å². The summed E-state index contributed by atoms with van der Waals surface area (Å²) >= 11 is 6.02. The summed E-state index contributed by atoms with van der Waals surface area (Å²) < 4.78 is 31.8. The van der Waals surface area contributed by atoms with E-state index < -0.39 is 11.6 Å². The first kappa shape index (κ1) is 15.2. The van der Waals surface area contributed by atoms with E-state index in [0.717, 1.165) is 18.2 Å². The third kappa shape index (κ3) is 2.95. The molecule has 3 aromatic rings. The van der Waals surface area contributed by atoms with Gasteiger partial charge >= 0.3 is 0 Å². The number of methoxy groups -OCH3 is 1. The van der Waals surface area contributed by atoms with Crippen molar-refractivity contribution in [3.63, 3.8) is 0 Å². The molecule has 0 radical (unpaired) electrons. The molecule has 23 heavy (non-hydrogen) atoms. The van der Waals surface area contributed by atoms with Crippen molar-refractivity contribution in [2.24, 2.45) is 0 Å². The highest BCUT2D eigenvalue weighted by Gasteiger charge is 2.15. The topological polar surface area (TPSA) is 76.8 Å². The van der Waals surface area contributed by atoms with E-state index in [2.05, 4.69) is 15.2 Å². The minimum atomic E-state index is -0.709. The van der Waals surface area contributed by atoms with Gasteiger partial charge in [-0.05, 0) is 18.2 Å². The molecule has 0 fully saturated rings. The van der Waals surface area contributed by atoms with Gasteiger partial charge in [0.2, 0.25) is 0 Å². The summed E-state index contributed by atoms with van der Waals surface area (Å²) in [6.07, 6.45) is 0. The van der Waals surface area contributed by atoms with Crippen molar-refractivity contribution < 1.29 is 13.5 Å². The molecule has 0 spiro atoms. The van der Waals surface area contributed by atoms with Crippen molar-refractivity contribution in [3.05, 3.63) is 47.0 Å². The van der Waals surface area contributed by atoms with Crippen LogP contribution in [0.2, 0.25) is 5.02 Å². The molecule has 118 valence electrons. The molecule has 8 heteroatoms. The van der Waals surface area contributed by atoms with Gasteiger partial charge in [0.05, 0.1) is 23.4 Å². The maximum atomic E-state index is 13.3. The molecule has 1 heterocycles. The Morgan fingerprint density at radius 2 is 1.83 bits per heavy atom. The van der Waals surface area contributed by atoms with Crippen LogP contribution in [0.3, 0.4) is 0 Å². The second kappa shape index (κ2) is 5.85. The van der Waals surface area contributed by atoms with Crippen LogP contribution >= 0.6 is 11.6 Å². The number of nitrogens with one attached hydrogen (secondary N) is 1. The predicted octanol–water partition coefficient (Wildman–Crippen LogP) is 3.66. The van der Waals surface area contributed by atoms with Gasteiger partial charge in [-0.2, -0.15) is 5.10 Å². The summed E-state index contributed by atoms with van der Waals surface area (Å²) in [7, 11) is 1.48. The minimum Gasteiger partial charge on any atom is -0.496 e. The molecule has 0 aliphatic carbocycles. The van der Waals surface area contributed by atoms with Crippen molar-refractivity contribution in [2.45, 2.75) is 0 Å². The van der Waals surface area contributed by atoms with Crippen molar-refractivity contribution in [1.29, 1.82) is 0 Å². The smallest absolute Gasteiger partial charge is 0.181 e. The molecule has 3 rings (SSSR count). The molecule has 0 amide bonds. The van der Waals surface area contributed by atoms with Gasteiger partial charge in [0.25, 0.3) is 0 Å². The Kier molecular flexibility index (Phi) is 3.87. The largest absolute Gasteiger partial charge is 0.496 e. The van der Waals surface area contributed by atoms with Crippen molar-refractivity contribution in [3.8, 4) is 28.5 Å². The standard InChI is InChI=1S/C15H11ClF2N4O/c1-23-13-6-12(19)11(16)5-10(13)15-20-14(21-22-15)7-2-8(17)4-9(18)3-7/h2-6H,19H2,1H3,(H,20,21,22). The second-order valence-corrected chi connectivity index (χ2v) is 5.15. The lowest BCUT2D eigenvalue weighted by atomic mass is 10.1. The summed E-state index contributed by atoms with van der Waals surface area (Å²) in [4.78, 5) is 4.23. The van der Waals surface area contributed by atoms with Crippen LogP contribution in [0.15, 0.2) is 30.3 Å². The number of hydrogen-bond donors (Lipinski definition) is 2. The number of nitrogens with two attached hydrogens (primary N) is 1. The van der Waals surface area contributed by atoms with E-state index in [4.69, 9.17) is 22.1 Å². The zero-order valence-corrected chi connectivity index (χ0v) is 12.7. The molecular formula is C15H11ClF2N4O. The molecule has 0 atom stereocenters. The molecular weight excluding hydrogens is 326 g/mol. The minimum absolute atomic E-state index is 0.147. The van der Waals surface area contributed by atoms with E-state index in [0.29, 0.717) is 27.8 Å². The van der Waals surface area contributed by atoms with Crippen LogP contribution in [0.5, 0.6) is 5.75 Å². The maximum absolute atomic E-state index is 13.3. The first-order chi connectivity index (χ1) is 11.0. The van der Waals surface area contributed by atoms with Crippen LogP contribution in [0.1, 0.15) is 0 Å². The molecule has 5 nitrogen and oxygen atoms in total. The van der Waals surface area contributed by atoms with Gasteiger partial charge in [-0.3, -0.25) is 5.10 Å². The Morgan fingerprint density at radius 3 is 2.48 bits per heavy atom. The number of rotatable bonds is 3. The van der Waals surface area contributed by atoms with E-state index in [1.165, 1.54) is 7.11 Å². The number of ether oxygens (including phenoxy) is 1. The molecule has 2 aromatic carbocycles. The van der Waals surface area contributed by atoms with E-state index >= 15 is 0 Å². The number of hydrogen-bond acceptors (Lipinski definition) is 4. The summed E-state index contributed by atoms with van der Waals surface area (Å²) in [6.45, 7) is 0. The monoisotopic (exact) mass is 336 g/mol. The lowest BCUT2D eigenvalue weighted by molar-refractivity contribution is 0.416. The van der Waals surface area contributed by atoms with Gasteiger partial charge in [-0.1, -0.05) is 11.6 Å². The van der Waals surface area contributed by atoms with Gasteiger partial charge < -0.3 is 10.5 Å². The van der Waals surface area contributed by atoms with Crippen LogP contribution in [0.4, 0.5) is 14.5 Å². The maximum Gasteiger partial charge on any atom is 0.181 e. The third-order valence-corrected chi connectivity index (χ3v) is 3.51. The Morgan fingerprint density at radius 1 is 1.13 bits per heavy atom. The Balaban J connectivity index is 2.07. The van der Waals surface area contributed by atoms with E-state index in [-0.39, 0.29) is 11.4 Å². The molecule has 0 unspecified atom stereocenters. The van der Waals surface area contributed by atoms with Crippen LogP contribution in [-0.4, -0.2) is 22.3 Å². The lowest BCUT2D eigenvalue weighted by Crippen LogP contribution is -1.94. The molecule has 0 aliphatic heterocycles. The number of aromatic nitrogens is 3. The summed E-state index contributed by atoms with van der Waals surface area (Å²) in [5.74, 6) is -0.490. The van der Waals surface area contributed by atoms with E-state index in [9.17, 15) is 8.78 Å². The normalized spacial score (nSPS) is 10.8. The number of benzene rings is 2. The van der Waals surface area contributed by atoms with Gasteiger partial charge in [-0.25, -0.2) is 13.8 Å². The zero-order chi connectivity index (χ0) is 16.6. The zero-order valence-electron chi connectivity index (χ0n) is 11.9. The second-order valence-electron chi connectivity index (χ2n) is 4.74. The Hall–Kier alpha value is -2.67. The fourth-order valence-electron chi connectivity index (χ4n) is 2.12. The molecule has 0 aliphatic rings. The SMILES string of the molecule is COc1cc(N)c(Cl)cc1-c1nc(-c2cc(F)cc(F)c2)n[nH]1. The van der Waals surface area contributed by atoms with Crippen LogP contribution in [-0.2, 0) is 0 Å². The average Bonchev–Trinajstić information content (AvgIpc) is 2.98. The average molecular weight is 337 g/mol. The highest BCUT2D eigenvalue weighted by atomic mass is 35.5. The quantitative estimate of drug-likeness (QED) is 0.716.